The van der Waals surface area contributed by atoms with Gasteiger partial charge in [-0.15, -0.1) is 0 Å². The van der Waals surface area contributed by atoms with Crippen LogP contribution in [0, 0.1) is 5.92 Å². The van der Waals surface area contributed by atoms with Crippen LogP contribution in [-0.2, 0) is 14.3 Å². The van der Waals surface area contributed by atoms with Gasteiger partial charge in [-0.3, -0.25) is 4.79 Å². The fourth-order valence-corrected chi connectivity index (χ4v) is 1.69. The summed E-state index contributed by atoms with van der Waals surface area (Å²) in [6.45, 7) is 6.83. The fraction of sp³-hybridized carbons (Fsp3) is 0.769. The van der Waals surface area contributed by atoms with Gasteiger partial charge in [0.15, 0.2) is 0 Å². The van der Waals surface area contributed by atoms with Gasteiger partial charge in [0.2, 0.25) is 0 Å². The van der Waals surface area contributed by atoms with Crippen molar-refractivity contribution in [2.75, 3.05) is 13.7 Å². The van der Waals surface area contributed by atoms with Crippen LogP contribution in [0.1, 0.15) is 34.1 Å². The SMILES string of the molecule is COC(=O)C(CC(C)C)NC(=O)N(CC(=O)O)C(C)C. The highest BCUT2D eigenvalue weighted by Gasteiger charge is 2.27. The Morgan fingerprint density at radius 3 is 2.10 bits per heavy atom. The minimum atomic E-state index is -1.10. The van der Waals surface area contributed by atoms with Crippen LogP contribution in [0.4, 0.5) is 4.79 Å². The summed E-state index contributed by atoms with van der Waals surface area (Å²) in [5, 5.41) is 11.3. The van der Waals surface area contributed by atoms with E-state index in [0.29, 0.717) is 6.42 Å². The number of ether oxygens (including phenoxy) is 1. The molecule has 0 rings (SSSR count). The zero-order chi connectivity index (χ0) is 15.9. The summed E-state index contributed by atoms with van der Waals surface area (Å²) in [6, 6.07) is -1.65. The Morgan fingerprint density at radius 1 is 1.20 bits per heavy atom. The van der Waals surface area contributed by atoms with Gasteiger partial charge in [0, 0.05) is 6.04 Å². The molecule has 0 aliphatic rings. The maximum Gasteiger partial charge on any atom is 0.328 e. The molecule has 0 spiro atoms. The lowest BCUT2D eigenvalue weighted by molar-refractivity contribution is -0.143. The van der Waals surface area contributed by atoms with Gasteiger partial charge in [-0.25, -0.2) is 9.59 Å². The number of nitrogens with zero attached hydrogens (tertiary/aromatic N) is 1. The number of nitrogens with one attached hydrogen (secondary N) is 1. The zero-order valence-electron chi connectivity index (χ0n) is 12.7. The molecule has 0 saturated heterocycles. The third-order valence-electron chi connectivity index (χ3n) is 2.68. The molecule has 0 fully saturated rings. The van der Waals surface area contributed by atoms with Gasteiger partial charge in [0.25, 0.3) is 0 Å². The second kappa shape index (κ2) is 8.39. The van der Waals surface area contributed by atoms with Crippen molar-refractivity contribution in [3.05, 3.63) is 0 Å². The van der Waals surface area contributed by atoms with Gasteiger partial charge in [0.1, 0.15) is 12.6 Å². The molecule has 0 saturated carbocycles. The quantitative estimate of drug-likeness (QED) is 0.683. The lowest BCUT2D eigenvalue weighted by atomic mass is 10.0. The lowest BCUT2D eigenvalue weighted by Gasteiger charge is -2.27. The first kappa shape index (κ1) is 18.2. The fourth-order valence-electron chi connectivity index (χ4n) is 1.69. The van der Waals surface area contributed by atoms with E-state index in [2.05, 4.69) is 10.1 Å². The van der Waals surface area contributed by atoms with Crippen molar-refractivity contribution in [3.63, 3.8) is 0 Å². The van der Waals surface area contributed by atoms with E-state index in [4.69, 9.17) is 5.11 Å². The molecule has 20 heavy (non-hydrogen) atoms. The Labute approximate surface area is 119 Å². The van der Waals surface area contributed by atoms with Gasteiger partial charge in [-0.2, -0.15) is 0 Å². The Morgan fingerprint density at radius 2 is 1.75 bits per heavy atom. The molecule has 0 heterocycles. The molecule has 0 aliphatic heterocycles. The summed E-state index contributed by atoms with van der Waals surface area (Å²) in [4.78, 5) is 35.6. The van der Waals surface area contributed by atoms with Crippen molar-refractivity contribution < 1.29 is 24.2 Å². The highest BCUT2D eigenvalue weighted by Crippen LogP contribution is 2.08. The molecule has 0 bridgehead atoms. The predicted octanol–water partition coefficient (Wildman–Crippen LogP) is 1.08. The van der Waals surface area contributed by atoms with Gasteiger partial charge < -0.3 is 20.1 Å². The molecule has 0 aromatic heterocycles. The number of aliphatic carboxylic acids is 1. The number of carbonyl (C=O) groups excluding carboxylic acids is 2. The zero-order valence-corrected chi connectivity index (χ0v) is 12.7. The summed E-state index contributed by atoms with van der Waals surface area (Å²) in [5.74, 6) is -1.45. The van der Waals surface area contributed by atoms with E-state index in [1.54, 1.807) is 13.8 Å². The second-order valence-corrected chi connectivity index (χ2v) is 5.27. The van der Waals surface area contributed by atoms with E-state index in [1.165, 1.54) is 7.11 Å². The standard InChI is InChI=1S/C13H24N2O5/c1-8(2)6-10(12(18)20-5)14-13(19)15(9(3)4)7-11(16)17/h8-10H,6-7H2,1-5H3,(H,14,19)(H,16,17). The molecule has 0 aromatic rings. The van der Waals surface area contributed by atoms with Gasteiger partial charge in [0.05, 0.1) is 7.11 Å². The van der Waals surface area contributed by atoms with E-state index in [0.717, 1.165) is 4.90 Å². The van der Waals surface area contributed by atoms with Gasteiger partial charge in [-0.05, 0) is 26.2 Å². The maximum atomic E-state index is 12.1. The molecule has 0 aliphatic carbocycles. The van der Waals surface area contributed by atoms with E-state index in [9.17, 15) is 14.4 Å². The number of carboxylic acids is 1. The second-order valence-electron chi connectivity index (χ2n) is 5.27. The molecule has 2 amide bonds. The van der Waals surface area contributed by atoms with E-state index < -0.39 is 30.6 Å². The number of esters is 1. The van der Waals surface area contributed by atoms with Crippen LogP contribution < -0.4 is 5.32 Å². The predicted molar refractivity (Wildman–Crippen MR) is 73.3 cm³/mol. The largest absolute Gasteiger partial charge is 0.480 e. The first-order valence-corrected chi connectivity index (χ1v) is 6.55. The summed E-state index contributed by atoms with van der Waals surface area (Å²) in [5.41, 5.74) is 0. The molecule has 7 nitrogen and oxygen atoms in total. The molecule has 1 atom stereocenters. The Kier molecular flexibility index (Phi) is 7.64. The molecule has 2 N–H and O–H groups in total. The summed E-state index contributed by atoms with van der Waals surface area (Å²) in [6.07, 6.45) is 0.428. The van der Waals surface area contributed by atoms with Gasteiger partial charge in [-0.1, -0.05) is 13.8 Å². The topological polar surface area (TPSA) is 95.9 Å². The highest BCUT2D eigenvalue weighted by atomic mass is 16.5. The number of methoxy groups -OCH3 is 1. The Bertz CT molecular complexity index is 355. The lowest BCUT2D eigenvalue weighted by Crippen LogP contribution is -2.52. The Balaban J connectivity index is 4.86. The van der Waals surface area contributed by atoms with Crippen LogP contribution in [0.5, 0.6) is 0 Å². The minimum absolute atomic E-state index is 0.186. The van der Waals surface area contributed by atoms with Crippen molar-refractivity contribution in [1.82, 2.24) is 10.2 Å². The van der Waals surface area contributed by atoms with Crippen LogP contribution in [-0.4, -0.2) is 53.7 Å². The minimum Gasteiger partial charge on any atom is -0.480 e. The third kappa shape index (κ3) is 6.40. The normalized spacial score (nSPS) is 12.2. The smallest absolute Gasteiger partial charge is 0.328 e. The van der Waals surface area contributed by atoms with Crippen molar-refractivity contribution in [3.8, 4) is 0 Å². The molecule has 0 radical (unpaired) electrons. The van der Waals surface area contributed by atoms with Crippen LogP contribution >= 0.6 is 0 Å². The van der Waals surface area contributed by atoms with Crippen molar-refractivity contribution in [2.24, 2.45) is 5.92 Å². The monoisotopic (exact) mass is 288 g/mol. The third-order valence-corrected chi connectivity index (χ3v) is 2.68. The molecular weight excluding hydrogens is 264 g/mol. The molecule has 1 unspecified atom stereocenters. The first-order valence-electron chi connectivity index (χ1n) is 6.55. The summed E-state index contributed by atoms with van der Waals surface area (Å²) >= 11 is 0. The van der Waals surface area contributed by atoms with Gasteiger partial charge >= 0.3 is 18.0 Å². The number of hydrogen-bond acceptors (Lipinski definition) is 4. The van der Waals surface area contributed by atoms with E-state index in [-0.39, 0.29) is 12.0 Å². The van der Waals surface area contributed by atoms with Crippen LogP contribution in [0.25, 0.3) is 0 Å². The number of hydrogen-bond donors (Lipinski definition) is 2. The number of urea groups is 1. The molecule has 116 valence electrons. The van der Waals surface area contributed by atoms with E-state index >= 15 is 0 Å². The number of carboxylic acid groups (broad SMARTS) is 1. The number of rotatable bonds is 7. The summed E-state index contributed by atoms with van der Waals surface area (Å²) in [7, 11) is 1.25. The van der Waals surface area contributed by atoms with Crippen molar-refractivity contribution in [1.29, 1.82) is 0 Å². The number of carbonyl (C=O) groups is 3. The summed E-state index contributed by atoms with van der Waals surface area (Å²) < 4.78 is 4.65. The maximum absolute atomic E-state index is 12.1. The molecule has 7 heteroatoms. The first-order chi connectivity index (χ1) is 9.18. The van der Waals surface area contributed by atoms with Crippen LogP contribution in [0.2, 0.25) is 0 Å². The molecular formula is C13H24N2O5. The average Bonchev–Trinajstić information content (AvgIpc) is 2.32. The molecule has 0 aromatic carbocycles. The van der Waals surface area contributed by atoms with Crippen LogP contribution in [0.3, 0.4) is 0 Å². The highest BCUT2D eigenvalue weighted by molar-refractivity contribution is 5.85. The number of amides is 2. The van der Waals surface area contributed by atoms with Crippen LogP contribution in [0.15, 0.2) is 0 Å². The van der Waals surface area contributed by atoms with Crippen molar-refractivity contribution in [2.45, 2.75) is 46.2 Å². The van der Waals surface area contributed by atoms with E-state index in [1.807, 2.05) is 13.8 Å². The average molecular weight is 288 g/mol. The Hall–Kier alpha value is -1.79. The van der Waals surface area contributed by atoms with Crippen molar-refractivity contribution >= 4 is 18.0 Å².